The van der Waals surface area contributed by atoms with E-state index in [0.29, 0.717) is 24.9 Å². The average Bonchev–Trinajstić information content (AvgIpc) is 3.15. The van der Waals surface area contributed by atoms with Gasteiger partial charge < -0.3 is 14.6 Å². The van der Waals surface area contributed by atoms with Crippen molar-refractivity contribution in [3.05, 3.63) is 54.0 Å². The lowest BCUT2D eigenvalue weighted by Gasteiger charge is -2.32. The highest BCUT2D eigenvalue weighted by Crippen LogP contribution is 2.28. The smallest absolute Gasteiger partial charge is 0.433 e. The minimum atomic E-state index is -4.56. The normalized spacial score (nSPS) is 17.7. The molecule has 4 rings (SSSR count). The van der Waals surface area contributed by atoms with Crippen molar-refractivity contribution in [2.45, 2.75) is 25.1 Å². The molecule has 0 aliphatic carbocycles. The van der Waals surface area contributed by atoms with Gasteiger partial charge in [-0.1, -0.05) is 0 Å². The second-order valence-corrected chi connectivity index (χ2v) is 6.64. The Kier molecular flexibility index (Phi) is 4.66. The van der Waals surface area contributed by atoms with E-state index in [1.807, 2.05) is 18.2 Å². The zero-order valence-electron chi connectivity index (χ0n) is 14.7. The molecule has 1 aromatic carbocycles. The summed E-state index contributed by atoms with van der Waals surface area (Å²) < 4.78 is 43.9. The van der Waals surface area contributed by atoms with E-state index in [2.05, 4.69) is 15.0 Å². The van der Waals surface area contributed by atoms with Gasteiger partial charge in [0, 0.05) is 35.4 Å². The summed E-state index contributed by atoms with van der Waals surface area (Å²) in [5, 5.41) is 0.938. The van der Waals surface area contributed by atoms with Crippen LogP contribution in [0.25, 0.3) is 10.9 Å². The van der Waals surface area contributed by atoms with Crippen LogP contribution in [0.1, 0.15) is 28.9 Å². The minimum Gasteiger partial charge on any atom is -0.458 e. The van der Waals surface area contributed by atoms with Gasteiger partial charge in [-0.15, -0.1) is 0 Å². The summed E-state index contributed by atoms with van der Waals surface area (Å²) in [5.74, 6) is -0.138. The molecule has 1 fully saturated rings. The molecule has 1 aliphatic heterocycles. The molecule has 1 unspecified atom stereocenters. The average molecular weight is 390 g/mol. The van der Waals surface area contributed by atoms with Crippen molar-refractivity contribution in [1.82, 2.24) is 19.9 Å². The molecular formula is C19H17F3N4O2. The van der Waals surface area contributed by atoms with Gasteiger partial charge in [0.2, 0.25) is 0 Å². The van der Waals surface area contributed by atoms with Crippen molar-refractivity contribution >= 4 is 16.8 Å². The second kappa shape index (κ2) is 7.14. The molecule has 1 N–H and O–H groups in total. The zero-order chi connectivity index (χ0) is 19.7. The predicted octanol–water partition coefficient (Wildman–Crippen LogP) is 3.66. The van der Waals surface area contributed by atoms with Crippen LogP contribution in [0.15, 0.2) is 42.7 Å². The summed E-state index contributed by atoms with van der Waals surface area (Å²) in [7, 11) is 0. The highest BCUT2D eigenvalue weighted by Gasteiger charge is 2.33. The molecule has 146 valence electrons. The number of carbonyl (C=O) groups excluding carboxylic acids is 1. The van der Waals surface area contributed by atoms with Crippen molar-refractivity contribution in [2.75, 3.05) is 13.1 Å². The first-order chi connectivity index (χ1) is 13.4. The second-order valence-electron chi connectivity index (χ2n) is 6.64. The number of fused-ring (bicyclic) bond motifs is 1. The number of aromatic amines is 1. The Balaban J connectivity index is 1.46. The number of carbonyl (C=O) groups is 1. The molecule has 3 aromatic rings. The maximum Gasteiger partial charge on any atom is 0.433 e. The number of ether oxygens (including phenoxy) is 1. The number of benzene rings is 1. The van der Waals surface area contributed by atoms with Crippen LogP contribution in [0, 0.1) is 0 Å². The van der Waals surface area contributed by atoms with Crippen molar-refractivity contribution in [3.8, 4) is 6.01 Å². The topological polar surface area (TPSA) is 71.1 Å². The van der Waals surface area contributed by atoms with E-state index in [0.717, 1.165) is 23.2 Å². The number of alkyl halides is 3. The Morgan fingerprint density at radius 1 is 1.25 bits per heavy atom. The van der Waals surface area contributed by atoms with Crippen LogP contribution in [0.2, 0.25) is 0 Å². The Hall–Kier alpha value is -3.10. The summed E-state index contributed by atoms with van der Waals surface area (Å²) >= 11 is 0. The van der Waals surface area contributed by atoms with Gasteiger partial charge in [0.05, 0.1) is 6.54 Å². The van der Waals surface area contributed by atoms with Crippen LogP contribution < -0.4 is 4.74 Å². The summed E-state index contributed by atoms with van der Waals surface area (Å²) in [5.41, 5.74) is 0.446. The maximum absolute atomic E-state index is 12.8. The predicted molar refractivity (Wildman–Crippen MR) is 94.9 cm³/mol. The number of hydrogen-bond donors (Lipinski definition) is 1. The molecule has 1 amide bonds. The van der Waals surface area contributed by atoms with E-state index in [1.54, 1.807) is 17.2 Å². The molecule has 6 nitrogen and oxygen atoms in total. The molecule has 2 aromatic heterocycles. The van der Waals surface area contributed by atoms with Crippen LogP contribution in [0.3, 0.4) is 0 Å². The van der Waals surface area contributed by atoms with Gasteiger partial charge in [0.1, 0.15) is 6.10 Å². The summed E-state index contributed by atoms with van der Waals surface area (Å²) in [6, 6.07) is 7.76. The molecule has 3 heterocycles. The molecule has 0 radical (unpaired) electrons. The van der Waals surface area contributed by atoms with Gasteiger partial charge in [-0.25, -0.2) is 4.98 Å². The lowest BCUT2D eigenvalue weighted by Crippen LogP contribution is -2.44. The lowest BCUT2D eigenvalue weighted by molar-refractivity contribution is -0.141. The van der Waals surface area contributed by atoms with Gasteiger partial charge in [-0.05, 0) is 43.2 Å². The Labute approximate surface area is 158 Å². The number of nitrogens with zero attached hydrogens (tertiary/aromatic N) is 3. The first-order valence-corrected chi connectivity index (χ1v) is 8.83. The third-order valence-corrected chi connectivity index (χ3v) is 4.66. The quantitative estimate of drug-likeness (QED) is 0.741. The van der Waals surface area contributed by atoms with Gasteiger partial charge in [-0.3, -0.25) is 4.79 Å². The Morgan fingerprint density at radius 2 is 2.11 bits per heavy atom. The fraction of sp³-hybridized carbons (Fsp3) is 0.316. The largest absolute Gasteiger partial charge is 0.458 e. The molecule has 0 saturated carbocycles. The van der Waals surface area contributed by atoms with Crippen molar-refractivity contribution < 1.29 is 22.7 Å². The van der Waals surface area contributed by atoms with Gasteiger partial charge >= 0.3 is 12.2 Å². The zero-order valence-corrected chi connectivity index (χ0v) is 14.7. The standard InChI is InChI=1S/C19H17F3N4O2/c20-19(21,22)16-6-8-24-18(25-16)28-14-2-1-9-26(11-14)17(27)13-3-4-15-12(10-13)5-7-23-15/h3-8,10,14,23H,1-2,9,11H2. The fourth-order valence-corrected chi connectivity index (χ4v) is 3.29. The fourth-order valence-electron chi connectivity index (χ4n) is 3.29. The summed E-state index contributed by atoms with van der Waals surface area (Å²) in [6.07, 6.45) is -0.909. The summed E-state index contributed by atoms with van der Waals surface area (Å²) in [6.45, 7) is 0.830. The SMILES string of the molecule is O=C(c1ccc2[nH]ccc2c1)N1CCCC(Oc2nccc(C(F)(F)F)n2)C1. The van der Waals surface area contributed by atoms with Crippen molar-refractivity contribution in [1.29, 1.82) is 0 Å². The van der Waals surface area contributed by atoms with E-state index < -0.39 is 18.0 Å². The van der Waals surface area contributed by atoms with E-state index in [9.17, 15) is 18.0 Å². The van der Waals surface area contributed by atoms with Crippen LogP contribution >= 0.6 is 0 Å². The van der Waals surface area contributed by atoms with Crippen molar-refractivity contribution in [2.24, 2.45) is 0 Å². The third-order valence-electron chi connectivity index (χ3n) is 4.66. The highest BCUT2D eigenvalue weighted by atomic mass is 19.4. The number of piperidine rings is 1. The number of rotatable bonds is 3. The van der Waals surface area contributed by atoms with Gasteiger partial charge in [-0.2, -0.15) is 18.2 Å². The molecule has 1 atom stereocenters. The molecule has 1 saturated heterocycles. The van der Waals surface area contributed by atoms with Crippen LogP contribution in [-0.4, -0.2) is 45.0 Å². The number of likely N-dealkylation sites (tertiary alicyclic amines) is 1. The first kappa shape index (κ1) is 18.3. The molecule has 0 spiro atoms. The van der Waals surface area contributed by atoms with E-state index in [1.165, 1.54) is 0 Å². The molecule has 0 bridgehead atoms. The number of halogens is 3. The first-order valence-electron chi connectivity index (χ1n) is 8.83. The van der Waals surface area contributed by atoms with Gasteiger partial charge in [0.25, 0.3) is 5.91 Å². The molecule has 9 heteroatoms. The Morgan fingerprint density at radius 3 is 2.93 bits per heavy atom. The Bertz CT molecular complexity index is 1000. The van der Waals surface area contributed by atoms with E-state index >= 15 is 0 Å². The highest BCUT2D eigenvalue weighted by molar-refractivity contribution is 5.98. The number of nitrogens with one attached hydrogen (secondary N) is 1. The molecular weight excluding hydrogens is 373 g/mol. The number of hydrogen-bond acceptors (Lipinski definition) is 4. The number of H-pyrrole nitrogens is 1. The van der Waals surface area contributed by atoms with E-state index in [4.69, 9.17) is 4.74 Å². The third kappa shape index (κ3) is 3.78. The number of aromatic nitrogens is 3. The molecule has 28 heavy (non-hydrogen) atoms. The maximum atomic E-state index is 12.8. The molecule has 1 aliphatic rings. The van der Waals surface area contributed by atoms with Gasteiger partial charge in [0.15, 0.2) is 5.69 Å². The summed E-state index contributed by atoms with van der Waals surface area (Å²) in [4.78, 5) is 24.7. The van der Waals surface area contributed by atoms with Crippen molar-refractivity contribution in [3.63, 3.8) is 0 Å². The van der Waals surface area contributed by atoms with E-state index in [-0.39, 0.29) is 18.5 Å². The minimum absolute atomic E-state index is 0.138. The monoisotopic (exact) mass is 390 g/mol. The lowest BCUT2D eigenvalue weighted by atomic mass is 10.1. The van der Waals surface area contributed by atoms with Crippen LogP contribution in [0.5, 0.6) is 6.01 Å². The number of amides is 1. The van der Waals surface area contributed by atoms with Crippen LogP contribution in [-0.2, 0) is 6.18 Å². The van der Waals surface area contributed by atoms with Crippen LogP contribution in [0.4, 0.5) is 13.2 Å².